The summed E-state index contributed by atoms with van der Waals surface area (Å²) in [6.07, 6.45) is 0.817. The normalized spacial score (nSPS) is 14.2. The average molecular weight is 489 g/mol. The third-order valence-corrected chi connectivity index (χ3v) is 4.96. The molecule has 1 aromatic heterocycles. The van der Waals surface area contributed by atoms with E-state index in [2.05, 4.69) is 10.1 Å². The molecule has 1 aromatic carbocycles. The van der Waals surface area contributed by atoms with Gasteiger partial charge in [0.25, 0.3) is 0 Å². The van der Waals surface area contributed by atoms with Crippen molar-refractivity contribution in [2.75, 3.05) is 19.8 Å². The zero-order chi connectivity index (χ0) is 23.0. The van der Waals surface area contributed by atoms with E-state index in [1.807, 2.05) is 18.2 Å². The Kier molecular flexibility index (Phi) is 8.64. The Bertz CT molecular complexity index is 960. The minimum absolute atomic E-state index is 0.156. The molecule has 0 aliphatic heterocycles. The predicted molar refractivity (Wildman–Crippen MR) is 117 cm³/mol. The summed E-state index contributed by atoms with van der Waals surface area (Å²) >= 11 is 11.2. The lowest BCUT2D eigenvalue weighted by Crippen LogP contribution is -2.06. The molecule has 3 rings (SSSR count). The van der Waals surface area contributed by atoms with Crippen molar-refractivity contribution in [3.05, 3.63) is 63.8 Å². The van der Waals surface area contributed by atoms with Crippen LogP contribution in [0.3, 0.4) is 0 Å². The van der Waals surface area contributed by atoms with Crippen LogP contribution in [0.5, 0.6) is 11.6 Å². The van der Waals surface area contributed by atoms with Crippen LogP contribution in [0.25, 0.3) is 0 Å². The van der Waals surface area contributed by atoms with E-state index < -0.39 is 11.7 Å². The fraction of sp³-hybridized carbons (Fsp3) is 0.364. The first-order valence-electron chi connectivity index (χ1n) is 9.95. The Labute approximate surface area is 193 Å². The van der Waals surface area contributed by atoms with Gasteiger partial charge in [-0.25, -0.2) is 4.98 Å². The maximum atomic E-state index is 12.5. The number of aromatic nitrogens is 1. The van der Waals surface area contributed by atoms with Gasteiger partial charge >= 0.3 is 6.18 Å². The Morgan fingerprint density at radius 2 is 1.88 bits per heavy atom. The Balaban J connectivity index is 1.39. The largest absolute Gasteiger partial charge is 0.489 e. The van der Waals surface area contributed by atoms with Crippen LogP contribution in [0.1, 0.15) is 36.0 Å². The molecule has 1 heterocycles. The van der Waals surface area contributed by atoms with Crippen molar-refractivity contribution in [3.63, 3.8) is 0 Å². The highest BCUT2D eigenvalue weighted by molar-refractivity contribution is 6.55. The van der Waals surface area contributed by atoms with Gasteiger partial charge in [0.1, 0.15) is 23.5 Å². The molecular formula is C22H21Cl2F3N2O3. The Morgan fingerprint density at radius 3 is 2.59 bits per heavy atom. The molecule has 0 atom stereocenters. The first-order chi connectivity index (χ1) is 15.3. The van der Waals surface area contributed by atoms with E-state index in [9.17, 15) is 13.2 Å². The molecule has 10 heteroatoms. The van der Waals surface area contributed by atoms with E-state index in [0.717, 1.165) is 47.7 Å². The molecule has 0 N–H and O–H groups in total. The van der Waals surface area contributed by atoms with E-state index in [0.29, 0.717) is 26.1 Å². The molecule has 0 spiro atoms. The number of hydrogen-bond donors (Lipinski definition) is 0. The number of ether oxygens (including phenoxy) is 2. The number of rotatable bonds is 10. The van der Waals surface area contributed by atoms with Crippen LogP contribution in [0, 0.1) is 0 Å². The fourth-order valence-corrected chi connectivity index (χ4v) is 3.22. The van der Waals surface area contributed by atoms with Crippen LogP contribution < -0.4 is 9.47 Å². The van der Waals surface area contributed by atoms with E-state index in [-0.39, 0.29) is 17.0 Å². The molecule has 0 saturated carbocycles. The topological polar surface area (TPSA) is 52.9 Å². The second-order valence-corrected chi connectivity index (χ2v) is 7.90. The van der Waals surface area contributed by atoms with Crippen molar-refractivity contribution in [3.8, 4) is 11.6 Å². The number of halogens is 5. The SMILES string of the molecule is FC(F)(F)c1ccc(OCCCCO/N=C2\CCc3c(OCC=C(Cl)Cl)cccc32)nc1. The van der Waals surface area contributed by atoms with Crippen LogP contribution in [-0.2, 0) is 17.4 Å². The van der Waals surface area contributed by atoms with Crippen molar-refractivity contribution >= 4 is 28.9 Å². The third kappa shape index (κ3) is 7.03. The quantitative estimate of drug-likeness (QED) is 0.289. The number of fused-ring (bicyclic) bond motifs is 1. The highest BCUT2D eigenvalue weighted by Gasteiger charge is 2.30. The van der Waals surface area contributed by atoms with Gasteiger partial charge in [-0.15, -0.1) is 0 Å². The molecule has 0 radical (unpaired) electrons. The van der Waals surface area contributed by atoms with Gasteiger partial charge in [0.15, 0.2) is 0 Å². The molecule has 1 aliphatic carbocycles. The van der Waals surface area contributed by atoms with Gasteiger partial charge < -0.3 is 14.3 Å². The number of oxime groups is 1. The average Bonchev–Trinajstić information content (AvgIpc) is 3.16. The molecule has 0 saturated heterocycles. The smallest absolute Gasteiger partial charge is 0.417 e. The van der Waals surface area contributed by atoms with Crippen LogP contribution in [0.2, 0.25) is 0 Å². The van der Waals surface area contributed by atoms with E-state index >= 15 is 0 Å². The number of benzene rings is 1. The number of pyridine rings is 1. The van der Waals surface area contributed by atoms with Gasteiger partial charge in [-0.2, -0.15) is 13.2 Å². The van der Waals surface area contributed by atoms with Crippen molar-refractivity contribution in [2.45, 2.75) is 31.9 Å². The summed E-state index contributed by atoms with van der Waals surface area (Å²) < 4.78 is 48.8. The van der Waals surface area contributed by atoms with Crippen molar-refractivity contribution in [1.29, 1.82) is 0 Å². The summed E-state index contributed by atoms with van der Waals surface area (Å²) in [7, 11) is 0. The summed E-state index contributed by atoms with van der Waals surface area (Å²) in [6, 6.07) is 7.92. The molecule has 32 heavy (non-hydrogen) atoms. The molecule has 0 bridgehead atoms. The van der Waals surface area contributed by atoms with Gasteiger partial charge in [0, 0.05) is 23.4 Å². The molecule has 0 fully saturated rings. The molecular weight excluding hydrogens is 468 g/mol. The molecule has 1 aliphatic rings. The van der Waals surface area contributed by atoms with Gasteiger partial charge in [-0.3, -0.25) is 0 Å². The number of nitrogens with zero attached hydrogens (tertiary/aromatic N) is 2. The van der Waals surface area contributed by atoms with Crippen LogP contribution in [0.15, 0.2) is 52.3 Å². The van der Waals surface area contributed by atoms with E-state index in [1.54, 1.807) is 6.08 Å². The van der Waals surface area contributed by atoms with Gasteiger partial charge in [-0.05, 0) is 43.9 Å². The van der Waals surface area contributed by atoms with Gasteiger partial charge in [0.2, 0.25) is 5.88 Å². The first kappa shape index (κ1) is 24.2. The lowest BCUT2D eigenvalue weighted by atomic mass is 10.1. The molecule has 0 unspecified atom stereocenters. The molecule has 0 amide bonds. The molecule has 172 valence electrons. The van der Waals surface area contributed by atoms with Gasteiger partial charge in [0.05, 0.1) is 17.9 Å². The second kappa shape index (κ2) is 11.4. The lowest BCUT2D eigenvalue weighted by Gasteiger charge is -2.09. The zero-order valence-corrected chi connectivity index (χ0v) is 18.5. The van der Waals surface area contributed by atoms with E-state index in [4.69, 9.17) is 37.5 Å². The summed E-state index contributed by atoms with van der Waals surface area (Å²) in [4.78, 5) is 9.10. The van der Waals surface area contributed by atoms with Crippen LogP contribution in [-0.4, -0.2) is 30.5 Å². The van der Waals surface area contributed by atoms with E-state index in [1.165, 1.54) is 6.07 Å². The maximum absolute atomic E-state index is 12.5. The van der Waals surface area contributed by atoms with Crippen LogP contribution in [0.4, 0.5) is 13.2 Å². The number of unbranched alkanes of at least 4 members (excludes halogenated alkanes) is 1. The minimum Gasteiger partial charge on any atom is -0.489 e. The minimum atomic E-state index is -4.41. The van der Waals surface area contributed by atoms with Gasteiger partial charge in [-0.1, -0.05) is 40.5 Å². The molecule has 2 aromatic rings. The summed E-state index contributed by atoms with van der Waals surface area (Å²) in [5.74, 6) is 0.927. The summed E-state index contributed by atoms with van der Waals surface area (Å²) in [6.45, 7) is 1.01. The monoisotopic (exact) mass is 488 g/mol. The maximum Gasteiger partial charge on any atom is 0.417 e. The van der Waals surface area contributed by atoms with Crippen molar-refractivity contribution in [1.82, 2.24) is 4.98 Å². The zero-order valence-electron chi connectivity index (χ0n) is 17.0. The predicted octanol–water partition coefficient (Wildman–Crippen LogP) is 6.32. The Hall–Kier alpha value is -2.45. The lowest BCUT2D eigenvalue weighted by molar-refractivity contribution is -0.137. The highest BCUT2D eigenvalue weighted by atomic mass is 35.5. The number of hydrogen-bond acceptors (Lipinski definition) is 5. The summed E-state index contributed by atoms with van der Waals surface area (Å²) in [5, 5.41) is 4.25. The third-order valence-electron chi connectivity index (χ3n) is 4.65. The van der Waals surface area contributed by atoms with Crippen molar-refractivity contribution < 1.29 is 27.5 Å². The second-order valence-electron chi connectivity index (χ2n) is 6.90. The Morgan fingerprint density at radius 1 is 1.06 bits per heavy atom. The standard InChI is InChI=1S/C22H21Cl2F3N2O3/c23-20(24)10-13-30-19-5-3-4-16-17(19)7-8-18(16)29-32-12-2-1-11-31-21-9-6-15(14-28-21)22(25,26)27/h3-6,9-10,14H,1-2,7-8,11-13H2/b29-18+. The molecule has 5 nitrogen and oxygen atoms in total. The van der Waals surface area contributed by atoms with Crippen LogP contribution >= 0.6 is 23.2 Å². The first-order valence-corrected chi connectivity index (χ1v) is 10.7. The fourth-order valence-electron chi connectivity index (χ4n) is 3.10. The summed E-state index contributed by atoms with van der Waals surface area (Å²) in [5.41, 5.74) is 2.13. The number of alkyl halides is 3. The highest BCUT2D eigenvalue weighted by Crippen LogP contribution is 2.31. The van der Waals surface area contributed by atoms with Crippen molar-refractivity contribution in [2.24, 2.45) is 5.16 Å².